The number of hydrogen-bond acceptors (Lipinski definition) is 2. The topological polar surface area (TPSA) is 6.48 Å². The summed E-state index contributed by atoms with van der Waals surface area (Å²) in [6, 6.07) is 85.6. The van der Waals surface area contributed by atoms with Crippen molar-refractivity contribution in [1.29, 1.82) is 0 Å². The highest BCUT2D eigenvalue weighted by atomic mass is 15.2. The molecule has 0 fully saturated rings. The van der Waals surface area contributed by atoms with Crippen LogP contribution in [0.15, 0.2) is 231 Å². The Labute approximate surface area is 433 Å². The zero-order valence-corrected chi connectivity index (χ0v) is 42.1. The Hall–Kier alpha value is -9.24. The van der Waals surface area contributed by atoms with Gasteiger partial charge in [-0.1, -0.05) is 229 Å². The van der Waals surface area contributed by atoms with Gasteiger partial charge in [-0.15, -0.1) is 0 Å². The molecule has 0 unspecified atom stereocenters. The lowest BCUT2D eigenvalue weighted by Gasteiger charge is -2.31. The largest absolute Gasteiger partial charge is 0.309 e. The van der Waals surface area contributed by atoms with Gasteiger partial charge in [0.15, 0.2) is 0 Å². The van der Waals surface area contributed by atoms with Gasteiger partial charge in [-0.3, -0.25) is 0 Å². The van der Waals surface area contributed by atoms with Crippen LogP contribution in [0.3, 0.4) is 0 Å². The Bertz CT molecular complexity index is 4000. The lowest BCUT2D eigenvalue weighted by atomic mass is 9.83. The van der Waals surface area contributed by atoms with E-state index in [4.69, 9.17) is 0 Å². The summed E-state index contributed by atoms with van der Waals surface area (Å²) < 4.78 is 0. The van der Waals surface area contributed by atoms with Gasteiger partial charge in [0.25, 0.3) is 0 Å². The highest BCUT2D eigenvalue weighted by molar-refractivity contribution is 6.46. The maximum Gasteiger partial charge on any atom is 0.0619 e. The van der Waals surface area contributed by atoms with Crippen molar-refractivity contribution in [2.75, 3.05) is 9.80 Å². The Kier molecular flexibility index (Phi) is 11.1. The first kappa shape index (κ1) is 44.7. The third-order valence-corrected chi connectivity index (χ3v) is 15.0. The highest BCUT2D eigenvalue weighted by Gasteiger charge is 2.27. The van der Waals surface area contributed by atoms with E-state index in [1.165, 1.54) is 109 Å². The number of hydrogen-bond donors (Lipinski definition) is 0. The van der Waals surface area contributed by atoms with E-state index in [1.807, 2.05) is 0 Å². The van der Waals surface area contributed by atoms with Crippen molar-refractivity contribution in [3.05, 3.63) is 275 Å². The molecule has 0 heterocycles. The predicted octanol–water partition coefficient (Wildman–Crippen LogP) is 20.6. The molecule has 0 bridgehead atoms. The summed E-state index contributed by atoms with van der Waals surface area (Å²) in [5.74, 6) is 0. The van der Waals surface area contributed by atoms with Crippen molar-refractivity contribution < 1.29 is 0 Å². The molecular weight excluding hydrogens is 893 g/mol. The molecular formula is C72H54N2. The first-order chi connectivity index (χ1) is 36.3. The van der Waals surface area contributed by atoms with Crippen molar-refractivity contribution in [3.63, 3.8) is 0 Å². The van der Waals surface area contributed by atoms with Crippen LogP contribution in [0, 0.1) is 27.7 Å². The Balaban J connectivity index is 1.06. The Morgan fingerprint density at radius 2 is 0.446 bits per heavy atom. The minimum absolute atomic E-state index is 1.10. The van der Waals surface area contributed by atoms with Gasteiger partial charge in [-0.05, 0) is 131 Å². The van der Waals surface area contributed by atoms with Crippen molar-refractivity contribution in [2.24, 2.45) is 0 Å². The van der Waals surface area contributed by atoms with Crippen LogP contribution in [-0.4, -0.2) is 0 Å². The molecule has 74 heavy (non-hydrogen) atoms. The lowest BCUT2D eigenvalue weighted by molar-refractivity contribution is 1.30. The Morgan fingerprint density at radius 3 is 0.770 bits per heavy atom. The number of benzene rings is 13. The second-order valence-corrected chi connectivity index (χ2v) is 20.0. The molecule has 352 valence electrons. The molecule has 0 atom stereocenters. The molecule has 2 nitrogen and oxygen atoms in total. The highest BCUT2D eigenvalue weighted by Crippen LogP contribution is 2.55. The second kappa shape index (κ2) is 18.4. The van der Waals surface area contributed by atoms with E-state index in [2.05, 4.69) is 292 Å². The van der Waals surface area contributed by atoms with Crippen molar-refractivity contribution >= 4 is 123 Å². The van der Waals surface area contributed by atoms with E-state index in [-0.39, 0.29) is 0 Å². The number of nitrogens with zero attached hydrogens (tertiary/aromatic N) is 2. The monoisotopic (exact) mass is 946 g/mol. The lowest BCUT2D eigenvalue weighted by Crippen LogP contribution is -2.12. The van der Waals surface area contributed by atoms with Gasteiger partial charge in [0, 0.05) is 55.1 Å². The average molecular weight is 947 g/mol. The smallest absolute Gasteiger partial charge is 0.0619 e. The van der Waals surface area contributed by atoms with Crippen LogP contribution in [0.4, 0.5) is 34.1 Å². The fourth-order valence-corrected chi connectivity index (χ4v) is 11.3. The van der Waals surface area contributed by atoms with E-state index in [0.29, 0.717) is 0 Å². The van der Waals surface area contributed by atoms with E-state index in [9.17, 15) is 0 Å². The molecule has 0 saturated heterocycles. The van der Waals surface area contributed by atoms with Crippen LogP contribution in [0.1, 0.15) is 44.5 Å². The molecule has 13 aromatic carbocycles. The molecule has 0 radical (unpaired) electrons. The summed E-state index contributed by atoms with van der Waals surface area (Å²) in [5, 5.41) is 14.9. The van der Waals surface area contributed by atoms with Crippen LogP contribution in [0.5, 0.6) is 0 Å². The van der Waals surface area contributed by atoms with Gasteiger partial charge in [0.05, 0.1) is 11.4 Å². The van der Waals surface area contributed by atoms with E-state index in [1.54, 1.807) is 0 Å². The molecule has 0 saturated carbocycles. The molecule has 0 N–H and O–H groups in total. The third-order valence-electron chi connectivity index (χ3n) is 15.0. The molecule has 0 aliphatic carbocycles. The molecule has 0 aliphatic rings. The zero-order valence-electron chi connectivity index (χ0n) is 42.1. The first-order valence-corrected chi connectivity index (χ1v) is 25.7. The minimum Gasteiger partial charge on any atom is -0.309 e. The van der Waals surface area contributed by atoms with E-state index in [0.717, 1.165) is 33.9 Å². The van der Waals surface area contributed by atoms with Crippen molar-refractivity contribution in [2.45, 2.75) is 27.7 Å². The number of anilines is 6. The zero-order chi connectivity index (χ0) is 49.9. The van der Waals surface area contributed by atoms with Gasteiger partial charge in [-0.25, -0.2) is 0 Å². The van der Waals surface area contributed by atoms with Gasteiger partial charge >= 0.3 is 0 Å². The maximum absolute atomic E-state index is 2.48. The summed E-state index contributed by atoms with van der Waals surface area (Å²) in [4.78, 5) is 4.97. The van der Waals surface area contributed by atoms with Crippen molar-refractivity contribution in [3.8, 4) is 0 Å². The molecule has 0 spiro atoms. The number of rotatable bonds is 10. The van der Waals surface area contributed by atoms with E-state index < -0.39 is 0 Å². The average Bonchev–Trinajstić information content (AvgIpc) is 3.47. The van der Waals surface area contributed by atoms with Crippen LogP contribution in [0.25, 0.3) is 88.9 Å². The second-order valence-electron chi connectivity index (χ2n) is 20.0. The van der Waals surface area contributed by atoms with Crippen LogP contribution >= 0.6 is 0 Å². The summed E-state index contributed by atoms with van der Waals surface area (Å²) >= 11 is 0. The third kappa shape index (κ3) is 7.84. The maximum atomic E-state index is 2.48. The Morgan fingerprint density at radius 1 is 0.216 bits per heavy atom. The van der Waals surface area contributed by atoms with Crippen molar-refractivity contribution in [1.82, 2.24) is 0 Å². The quantitative estimate of drug-likeness (QED) is 0.0766. The molecule has 13 rings (SSSR count). The summed E-state index contributed by atoms with van der Waals surface area (Å²) in [6.07, 6.45) is 8.80. The van der Waals surface area contributed by atoms with Crippen LogP contribution < -0.4 is 9.80 Å². The normalized spacial score (nSPS) is 11.9. The van der Waals surface area contributed by atoms with Gasteiger partial charge in [0.1, 0.15) is 0 Å². The van der Waals surface area contributed by atoms with Crippen LogP contribution in [0.2, 0.25) is 0 Å². The standard InChI is InChI=1S/C72H54N2/c1-47-19-27-51(28-20-47)31-33-53-35-43-57(44-36-53)73(55-39-23-49(3)24-40-55)71-63-13-7-5-11-61(63)69-67-59(15-9-17-65(67)71)60-16-10-18-66-68(60)70(69)62-12-6-8-14-64(62)72(66)74(56-41-25-50(4)26-42-56)58-45-37-54(38-46-58)34-32-52-29-21-48(2)22-30-52/h5-46H,1-4H3. The van der Waals surface area contributed by atoms with Crippen LogP contribution in [-0.2, 0) is 0 Å². The minimum atomic E-state index is 1.10. The number of fused-ring (bicyclic) bond motifs is 6. The predicted molar refractivity (Wildman–Crippen MR) is 322 cm³/mol. The summed E-state index contributed by atoms with van der Waals surface area (Å²) in [5.41, 5.74) is 16.5. The SMILES string of the molecule is Cc1ccc(C=Cc2ccc(N(c3ccc(C)cc3)c3c4ccccc4c4c5c3cccc5c3cccc5c(N(c6ccc(C)cc6)c6ccc(C=Cc7ccc(C)cc7)cc6)c6ccccc6c4c53)cc2)cc1. The summed E-state index contributed by atoms with van der Waals surface area (Å²) in [6.45, 7) is 8.59. The molecule has 0 aromatic heterocycles. The van der Waals surface area contributed by atoms with Gasteiger partial charge < -0.3 is 9.80 Å². The van der Waals surface area contributed by atoms with Gasteiger partial charge in [-0.2, -0.15) is 0 Å². The van der Waals surface area contributed by atoms with E-state index >= 15 is 0 Å². The fourth-order valence-electron chi connectivity index (χ4n) is 11.3. The van der Waals surface area contributed by atoms with Gasteiger partial charge in [0.2, 0.25) is 0 Å². The number of aryl methyl sites for hydroxylation is 4. The molecule has 2 heteroatoms. The first-order valence-electron chi connectivity index (χ1n) is 25.7. The molecule has 13 aromatic rings. The fraction of sp³-hybridized carbons (Fsp3) is 0.0556. The molecule has 0 amide bonds. The summed E-state index contributed by atoms with van der Waals surface area (Å²) in [7, 11) is 0. The molecule has 0 aliphatic heterocycles.